The first-order chi connectivity index (χ1) is 9.58. The van der Waals surface area contributed by atoms with Gasteiger partial charge in [0.15, 0.2) is 16.4 Å². The lowest BCUT2D eigenvalue weighted by molar-refractivity contribution is -0.158. The van der Waals surface area contributed by atoms with Gasteiger partial charge in [0.1, 0.15) is 5.75 Å². The lowest BCUT2D eigenvalue weighted by atomic mass is 10.1. The van der Waals surface area contributed by atoms with Crippen molar-refractivity contribution in [1.82, 2.24) is 0 Å². The third-order valence-electron chi connectivity index (χ3n) is 2.39. The average molecular weight is 324 g/mol. The van der Waals surface area contributed by atoms with Gasteiger partial charge in [0.25, 0.3) is 0 Å². The fraction of sp³-hybridized carbons (Fsp3) is 0.462. The summed E-state index contributed by atoms with van der Waals surface area (Å²) >= 11 is 0. The van der Waals surface area contributed by atoms with Crippen molar-refractivity contribution in [2.24, 2.45) is 0 Å². The molecule has 0 N–H and O–H groups in total. The minimum absolute atomic E-state index is 0.177. The van der Waals surface area contributed by atoms with Gasteiger partial charge in [0.05, 0.1) is 6.61 Å². The summed E-state index contributed by atoms with van der Waals surface area (Å²) in [5.41, 5.74) is -6.09. The number of esters is 1. The summed E-state index contributed by atoms with van der Waals surface area (Å²) < 4.78 is 58.2. The minimum atomic E-state index is -4.81. The van der Waals surface area contributed by atoms with E-state index in [-0.39, 0.29) is 17.3 Å². The molecule has 0 aromatic heterocycles. The molecule has 0 fully saturated rings. The Kier molecular flexibility index (Phi) is 5.38. The molecular weight excluding hydrogens is 309 g/mol. The van der Waals surface area contributed by atoms with Gasteiger partial charge in [-0.05, 0) is 45.0 Å². The number of halogens is 3. The second kappa shape index (κ2) is 6.46. The molecule has 21 heavy (non-hydrogen) atoms. The molecule has 0 saturated heterocycles. The maximum absolute atomic E-state index is 12.3. The highest BCUT2D eigenvalue weighted by atomic mass is 32.2. The number of ether oxygens (including phenoxy) is 2. The zero-order valence-corrected chi connectivity index (χ0v) is 12.5. The Morgan fingerprint density at radius 2 is 1.71 bits per heavy atom. The number of carbonyl (C=O) groups excluding carboxylic acids is 1. The number of hydrogen-bond donors (Lipinski definition) is 0. The predicted octanol–water partition coefficient (Wildman–Crippen LogP) is 3.03. The standard InChI is InChI=1S/C13H15F3O4S/c1-4-19-11(17)12(2,3)20-9-5-7-10(8-6-9)21(18)13(14,15)16/h5-8H,4H2,1-3H3. The van der Waals surface area contributed by atoms with Crippen LogP contribution in [0.5, 0.6) is 5.75 Å². The zero-order chi connectivity index (χ0) is 16.3. The van der Waals surface area contributed by atoms with Crippen LogP contribution in [-0.4, -0.2) is 27.9 Å². The number of rotatable bonds is 5. The Labute approximate surface area is 122 Å². The van der Waals surface area contributed by atoms with Crippen LogP contribution in [0, 0.1) is 0 Å². The number of benzene rings is 1. The third-order valence-corrected chi connectivity index (χ3v) is 3.51. The van der Waals surface area contributed by atoms with Crippen LogP contribution >= 0.6 is 0 Å². The first-order valence-corrected chi connectivity index (χ1v) is 7.18. The Morgan fingerprint density at radius 3 is 2.14 bits per heavy atom. The Bertz CT molecular complexity index is 523. The lowest BCUT2D eigenvalue weighted by Crippen LogP contribution is -2.39. The Hall–Kier alpha value is -1.57. The Morgan fingerprint density at radius 1 is 1.19 bits per heavy atom. The van der Waals surface area contributed by atoms with E-state index in [1.165, 1.54) is 26.0 Å². The van der Waals surface area contributed by atoms with E-state index in [2.05, 4.69) is 0 Å². The van der Waals surface area contributed by atoms with Gasteiger partial charge in [0.2, 0.25) is 0 Å². The molecule has 1 aromatic carbocycles. The molecule has 0 spiro atoms. The summed E-state index contributed by atoms with van der Waals surface area (Å²) in [5.74, 6) is -0.413. The SMILES string of the molecule is CCOC(=O)C(C)(C)Oc1ccc(S(=O)C(F)(F)F)cc1. The van der Waals surface area contributed by atoms with E-state index in [1.807, 2.05) is 0 Å². The van der Waals surface area contributed by atoms with Crippen molar-refractivity contribution in [3.05, 3.63) is 24.3 Å². The van der Waals surface area contributed by atoms with Gasteiger partial charge in [-0.25, -0.2) is 9.00 Å². The number of alkyl halides is 3. The van der Waals surface area contributed by atoms with Gasteiger partial charge in [0, 0.05) is 4.90 Å². The highest BCUT2D eigenvalue weighted by Gasteiger charge is 2.38. The van der Waals surface area contributed by atoms with Crippen molar-refractivity contribution in [2.45, 2.75) is 36.8 Å². The van der Waals surface area contributed by atoms with Gasteiger partial charge >= 0.3 is 11.5 Å². The predicted molar refractivity (Wildman–Crippen MR) is 70.2 cm³/mol. The summed E-state index contributed by atoms with van der Waals surface area (Å²) in [6, 6.07) is 4.53. The second-order valence-electron chi connectivity index (χ2n) is 4.52. The van der Waals surface area contributed by atoms with Crippen molar-refractivity contribution in [1.29, 1.82) is 0 Å². The van der Waals surface area contributed by atoms with Crippen LogP contribution in [0.1, 0.15) is 20.8 Å². The van der Waals surface area contributed by atoms with Crippen LogP contribution in [0.15, 0.2) is 29.2 Å². The van der Waals surface area contributed by atoms with Gasteiger partial charge < -0.3 is 9.47 Å². The van der Waals surface area contributed by atoms with E-state index >= 15 is 0 Å². The van der Waals surface area contributed by atoms with Gasteiger partial charge in [-0.15, -0.1) is 0 Å². The molecule has 0 saturated carbocycles. The van der Waals surface area contributed by atoms with Crippen molar-refractivity contribution in [3.63, 3.8) is 0 Å². The maximum Gasteiger partial charge on any atom is 0.475 e. The molecule has 0 aliphatic carbocycles. The molecule has 118 valence electrons. The van der Waals surface area contributed by atoms with Crippen molar-refractivity contribution in [2.75, 3.05) is 6.61 Å². The monoisotopic (exact) mass is 324 g/mol. The molecule has 0 aliphatic heterocycles. The van der Waals surface area contributed by atoms with E-state index in [1.54, 1.807) is 6.92 Å². The maximum atomic E-state index is 12.3. The molecule has 0 bridgehead atoms. The lowest BCUT2D eigenvalue weighted by Gasteiger charge is -2.24. The van der Waals surface area contributed by atoms with Crippen LogP contribution in [0.2, 0.25) is 0 Å². The van der Waals surface area contributed by atoms with E-state index in [9.17, 15) is 22.2 Å². The molecule has 0 amide bonds. The largest absolute Gasteiger partial charge is 0.476 e. The minimum Gasteiger partial charge on any atom is -0.476 e. The summed E-state index contributed by atoms with van der Waals surface area (Å²) in [7, 11) is -3.09. The van der Waals surface area contributed by atoms with Gasteiger partial charge in [-0.3, -0.25) is 0 Å². The highest BCUT2D eigenvalue weighted by Crippen LogP contribution is 2.28. The molecule has 1 aromatic rings. The second-order valence-corrected chi connectivity index (χ2v) is 5.99. The fourth-order valence-corrected chi connectivity index (χ4v) is 2.06. The summed E-state index contributed by atoms with van der Waals surface area (Å²) in [6.45, 7) is 4.80. The normalized spacial score (nSPS) is 13.6. The molecule has 1 rings (SSSR count). The topological polar surface area (TPSA) is 52.6 Å². The summed E-state index contributed by atoms with van der Waals surface area (Å²) in [5, 5.41) is 0. The fourth-order valence-electron chi connectivity index (χ4n) is 1.41. The first kappa shape index (κ1) is 17.5. The van der Waals surface area contributed by atoms with Crippen LogP contribution < -0.4 is 4.74 Å². The average Bonchev–Trinajstić information content (AvgIpc) is 2.37. The molecule has 4 nitrogen and oxygen atoms in total. The van der Waals surface area contributed by atoms with Crippen LogP contribution in [0.4, 0.5) is 13.2 Å². The molecule has 1 atom stereocenters. The van der Waals surface area contributed by atoms with Crippen LogP contribution in [-0.2, 0) is 20.3 Å². The van der Waals surface area contributed by atoms with Crippen LogP contribution in [0.3, 0.4) is 0 Å². The summed E-state index contributed by atoms with van der Waals surface area (Å²) in [4.78, 5) is 11.2. The molecule has 8 heteroatoms. The van der Waals surface area contributed by atoms with E-state index in [4.69, 9.17) is 9.47 Å². The van der Waals surface area contributed by atoms with Gasteiger partial charge in [-0.1, -0.05) is 0 Å². The number of hydrogen-bond acceptors (Lipinski definition) is 4. The van der Waals surface area contributed by atoms with Crippen molar-refractivity contribution in [3.8, 4) is 5.75 Å². The third kappa shape index (κ3) is 4.73. The quantitative estimate of drug-likeness (QED) is 0.781. The first-order valence-electron chi connectivity index (χ1n) is 6.03. The molecule has 1 unspecified atom stereocenters. The van der Waals surface area contributed by atoms with Crippen molar-refractivity contribution >= 4 is 16.8 Å². The van der Waals surface area contributed by atoms with Gasteiger partial charge in [-0.2, -0.15) is 13.2 Å². The summed E-state index contributed by atoms with van der Waals surface area (Å²) in [6.07, 6.45) is 0. The Balaban J connectivity index is 2.84. The molecule has 0 aliphatic rings. The molecule has 0 heterocycles. The smallest absolute Gasteiger partial charge is 0.475 e. The highest BCUT2D eigenvalue weighted by molar-refractivity contribution is 7.86. The van der Waals surface area contributed by atoms with Crippen LogP contribution in [0.25, 0.3) is 0 Å². The molecular formula is C13H15F3O4S. The van der Waals surface area contributed by atoms with E-state index in [0.717, 1.165) is 12.1 Å². The van der Waals surface area contributed by atoms with Crippen molar-refractivity contribution < 1.29 is 31.6 Å². The molecule has 0 radical (unpaired) electrons. The van der Waals surface area contributed by atoms with E-state index in [0.29, 0.717) is 0 Å². The zero-order valence-electron chi connectivity index (χ0n) is 11.7. The van der Waals surface area contributed by atoms with E-state index < -0.39 is 27.9 Å². The number of carbonyl (C=O) groups is 1.